The highest BCUT2D eigenvalue weighted by Gasteiger charge is 2.03. The Bertz CT molecular complexity index is 572. The van der Waals surface area contributed by atoms with E-state index in [0.29, 0.717) is 11.9 Å². The van der Waals surface area contributed by atoms with Crippen molar-refractivity contribution in [2.24, 2.45) is 16.8 Å². The van der Waals surface area contributed by atoms with Gasteiger partial charge in [0.05, 0.1) is 5.69 Å². The minimum Gasteiger partial charge on any atom is -0.325 e. The Morgan fingerprint density at radius 3 is 2.95 bits per heavy atom. The number of anilines is 1. The number of benzene rings is 1. The molecule has 19 heavy (non-hydrogen) atoms. The Morgan fingerprint density at radius 1 is 1.37 bits per heavy atom. The number of pyridine rings is 1. The molecule has 100 valence electrons. The molecule has 2 rings (SSSR count). The molecule has 0 unspecified atom stereocenters. The normalized spacial score (nSPS) is 11.9. The zero-order chi connectivity index (χ0) is 13.7. The lowest BCUT2D eigenvalue weighted by Crippen LogP contribution is -2.36. The van der Waals surface area contributed by atoms with Crippen LogP contribution in [-0.2, 0) is 0 Å². The van der Waals surface area contributed by atoms with Gasteiger partial charge in [-0.2, -0.15) is 0 Å². The van der Waals surface area contributed by atoms with Crippen molar-refractivity contribution in [3.63, 3.8) is 0 Å². The van der Waals surface area contributed by atoms with Crippen molar-refractivity contribution in [1.29, 1.82) is 0 Å². The molecule has 4 N–H and O–H groups in total. The van der Waals surface area contributed by atoms with Gasteiger partial charge in [0, 0.05) is 24.3 Å². The number of nitrogens with two attached hydrogens (primary N) is 1. The topological polar surface area (TPSA) is 75.3 Å². The number of hydrogen-bond acceptors (Lipinski definition) is 3. The predicted octanol–water partition coefficient (Wildman–Crippen LogP) is 2.12. The molecule has 1 aromatic heterocycles. The molecular weight excluding hydrogens is 238 g/mol. The SMILES string of the molecule is CC(C)CN=C(NN)Nc1cccc2ccncc12. The van der Waals surface area contributed by atoms with Crippen molar-refractivity contribution in [3.05, 3.63) is 36.7 Å². The van der Waals surface area contributed by atoms with Gasteiger partial charge in [-0.1, -0.05) is 26.0 Å². The maximum absolute atomic E-state index is 5.49. The van der Waals surface area contributed by atoms with Crippen molar-refractivity contribution < 1.29 is 0 Å². The molecular formula is C14H19N5. The summed E-state index contributed by atoms with van der Waals surface area (Å²) < 4.78 is 0. The van der Waals surface area contributed by atoms with E-state index in [-0.39, 0.29) is 0 Å². The number of nitrogens with one attached hydrogen (secondary N) is 2. The molecule has 0 fully saturated rings. The van der Waals surface area contributed by atoms with Crippen molar-refractivity contribution in [3.8, 4) is 0 Å². The maximum atomic E-state index is 5.49. The quantitative estimate of drug-likeness (QED) is 0.341. The van der Waals surface area contributed by atoms with Gasteiger partial charge in [0.2, 0.25) is 5.96 Å². The highest BCUT2D eigenvalue weighted by atomic mass is 15.3. The van der Waals surface area contributed by atoms with Gasteiger partial charge in [0.1, 0.15) is 0 Å². The Hall–Kier alpha value is -2.14. The van der Waals surface area contributed by atoms with E-state index < -0.39 is 0 Å². The lowest BCUT2D eigenvalue weighted by molar-refractivity contribution is 0.663. The number of aromatic nitrogens is 1. The molecule has 0 amide bonds. The standard InChI is InChI=1S/C14H19N5/c1-10(2)8-17-14(19-15)18-13-5-3-4-11-6-7-16-9-12(11)13/h3-7,9-10H,8,15H2,1-2H3,(H2,17,18,19). The first-order valence-electron chi connectivity index (χ1n) is 6.31. The second-order valence-electron chi connectivity index (χ2n) is 4.75. The Kier molecular flexibility index (Phi) is 4.30. The van der Waals surface area contributed by atoms with Crippen LogP contribution in [0.4, 0.5) is 5.69 Å². The van der Waals surface area contributed by atoms with Crippen LogP contribution in [0.1, 0.15) is 13.8 Å². The average Bonchev–Trinajstić information content (AvgIpc) is 2.43. The third kappa shape index (κ3) is 3.42. The molecule has 2 aromatic rings. The predicted molar refractivity (Wildman–Crippen MR) is 79.8 cm³/mol. The minimum absolute atomic E-state index is 0.485. The zero-order valence-corrected chi connectivity index (χ0v) is 11.2. The fraction of sp³-hybridized carbons (Fsp3) is 0.286. The summed E-state index contributed by atoms with van der Waals surface area (Å²) >= 11 is 0. The summed E-state index contributed by atoms with van der Waals surface area (Å²) in [6, 6.07) is 7.98. The van der Waals surface area contributed by atoms with Crippen molar-refractivity contribution in [1.82, 2.24) is 10.4 Å². The highest BCUT2D eigenvalue weighted by molar-refractivity contribution is 6.02. The fourth-order valence-corrected chi connectivity index (χ4v) is 1.75. The van der Waals surface area contributed by atoms with Gasteiger partial charge in [-0.15, -0.1) is 0 Å². The van der Waals surface area contributed by atoms with Gasteiger partial charge < -0.3 is 5.32 Å². The minimum atomic E-state index is 0.485. The third-order valence-electron chi connectivity index (χ3n) is 2.69. The van der Waals surface area contributed by atoms with E-state index in [4.69, 9.17) is 5.84 Å². The van der Waals surface area contributed by atoms with Crippen LogP contribution in [0.25, 0.3) is 10.8 Å². The van der Waals surface area contributed by atoms with Crippen LogP contribution < -0.4 is 16.6 Å². The fourth-order valence-electron chi connectivity index (χ4n) is 1.75. The Morgan fingerprint density at radius 2 is 2.21 bits per heavy atom. The lowest BCUT2D eigenvalue weighted by Gasteiger charge is -2.12. The van der Waals surface area contributed by atoms with Crippen LogP contribution in [0.3, 0.4) is 0 Å². The van der Waals surface area contributed by atoms with E-state index in [1.54, 1.807) is 6.20 Å². The molecule has 0 bridgehead atoms. The molecule has 0 atom stereocenters. The molecule has 0 spiro atoms. The van der Waals surface area contributed by atoms with Crippen LogP contribution in [-0.4, -0.2) is 17.5 Å². The van der Waals surface area contributed by atoms with Gasteiger partial charge >= 0.3 is 0 Å². The molecule has 5 heteroatoms. The number of guanidine groups is 1. The second-order valence-corrected chi connectivity index (χ2v) is 4.75. The summed E-state index contributed by atoms with van der Waals surface area (Å²) in [5.74, 6) is 6.54. The van der Waals surface area contributed by atoms with Crippen molar-refractivity contribution in [2.75, 3.05) is 11.9 Å². The third-order valence-corrected chi connectivity index (χ3v) is 2.69. The number of fused-ring (bicyclic) bond motifs is 1. The summed E-state index contributed by atoms with van der Waals surface area (Å²) in [6.07, 6.45) is 3.61. The summed E-state index contributed by atoms with van der Waals surface area (Å²) in [4.78, 5) is 8.54. The van der Waals surface area contributed by atoms with Crippen LogP contribution in [0.15, 0.2) is 41.7 Å². The van der Waals surface area contributed by atoms with Gasteiger partial charge in [-0.05, 0) is 23.4 Å². The van der Waals surface area contributed by atoms with Crippen molar-refractivity contribution in [2.45, 2.75) is 13.8 Å². The summed E-state index contributed by atoms with van der Waals surface area (Å²) in [5, 5.41) is 5.37. The number of nitrogens with zero attached hydrogens (tertiary/aromatic N) is 2. The molecule has 0 aliphatic heterocycles. The zero-order valence-electron chi connectivity index (χ0n) is 11.2. The van der Waals surface area contributed by atoms with E-state index in [0.717, 1.165) is 23.0 Å². The van der Waals surface area contributed by atoms with Gasteiger partial charge in [-0.25, -0.2) is 5.84 Å². The van der Waals surface area contributed by atoms with E-state index in [2.05, 4.69) is 34.6 Å². The number of aliphatic imine (C=N–C) groups is 1. The number of hydrogen-bond donors (Lipinski definition) is 3. The first-order valence-corrected chi connectivity index (χ1v) is 6.31. The molecule has 5 nitrogen and oxygen atoms in total. The van der Waals surface area contributed by atoms with E-state index in [1.165, 1.54) is 0 Å². The lowest BCUT2D eigenvalue weighted by atomic mass is 10.1. The molecule has 0 radical (unpaired) electrons. The van der Waals surface area contributed by atoms with Crippen LogP contribution in [0, 0.1) is 5.92 Å². The molecule has 1 aromatic carbocycles. The molecule has 0 aliphatic rings. The van der Waals surface area contributed by atoms with Crippen LogP contribution in [0.5, 0.6) is 0 Å². The Balaban J connectivity index is 2.27. The van der Waals surface area contributed by atoms with Crippen molar-refractivity contribution >= 4 is 22.4 Å². The van der Waals surface area contributed by atoms with E-state index in [9.17, 15) is 0 Å². The van der Waals surface area contributed by atoms with Gasteiger partial charge in [0.15, 0.2) is 0 Å². The molecule has 0 aliphatic carbocycles. The Labute approximate surface area is 112 Å². The molecule has 0 saturated carbocycles. The number of hydrazine groups is 1. The second kappa shape index (κ2) is 6.15. The summed E-state index contributed by atoms with van der Waals surface area (Å²) in [6.45, 7) is 4.94. The smallest absolute Gasteiger partial charge is 0.210 e. The van der Waals surface area contributed by atoms with E-state index >= 15 is 0 Å². The average molecular weight is 257 g/mol. The first kappa shape index (κ1) is 13.3. The molecule has 1 heterocycles. The largest absolute Gasteiger partial charge is 0.325 e. The van der Waals surface area contributed by atoms with Gasteiger partial charge in [-0.3, -0.25) is 15.4 Å². The first-order chi connectivity index (χ1) is 9.20. The van der Waals surface area contributed by atoms with E-state index in [1.807, 2.05) is 30.5 Å². The van der Waals surface area contributed by atoms with Gasteiger partial charge in [0.25, 0.3) is 0 Å². The molecule has 0 saturated heterocycles. The van der Waals surface area contributed by atoms with Crippen LogP contribution >= 0.6 is 0 Å². The highest BCUT2D eigenvalue weighted by Crippen LogP contribution is 2.21. The maximum Gasteiger partial charge on any atom is 0.210 e. The number of rotatable bonds is 3. The summed E-state index contributed by atoms with van der Waals surface area (Å²) in [5.41, 5.74) is 3.53. The monoisotopic (exact) mass is 257 g/mol. The summed E-state index contributed by atoms with van der Waals surface area (Å²) in [7, 11) is 0. The van der Waals surface area contributed by atoms with Crippen LogP contribution in [0.2, 0.25) is 0 Å².